The second kappa shape index (κ2) is 30.8. The van der Waals surface area contributed by atoms with Crippen LogP contribution in [0.2, 0.25) is 0 Å². The lowest BCUT2D eigenvalue weighted by molar-refractivity contribution is 1.16. The number of hydrogen-bond donors (Lipinski definition) is 0. The van der Waals surface area contributed by atoms with Gasteiger partial charge in [0.15, 0.2) is 0 Å². The van der Waals surface area contributed by atoms with E-state index in [9.17, 15) is 0 Å². The van der Waals surface area contributed by atoms with Crippen molar-refractivity contribution in [1.29, 1.82) is 0 Å². The van der Waals surface area contributed by atoms with Gasteiger partial charge in [-0.05, 0) is 182 Å². The van der Waals surface area contributed by atoms with Crippen molar-refractivity contribution in [2.45, 2.75) is 0 Å². The molecular formula is C82H54Br6N6S. The van der Waals surface area contributed by atoms with E-state index in [0.717, 1.165) is 54.9 Å². The number of hydrogen-bond acceptors (Lipinski definition) is 5. The zero-order chi connectivity index (χ0) is 65.0. The van der Waals surface area contributed by atoms with Crippen LogP contribution in [0.15, 0.2) is 355 Å². The second-order valence-corrected chi connectivity index (χ2v) is 28.3. The summed E-state index contributed by atoms with van der Waals surface area (Å²) in [7, 11) is 0. The molecule has 0 aliphatic heterocycles. The van der Waals surface area contributed by atoms with Crippen molar-refractivity contribution in [3.63, 3.8) is 0 Å². The summed E-state index contributed by atoms with van der Waals surface area (Å²) in [5.41, 5.74) is 12.7. The minimum absolute atomic E-state index is 0.864. The van der Waals surface area contributed by atoms with E-state index in [4.69, 9.17) is 0 Å². The molecule has 13 heteroatoms. The molecular weight excluding hydrogens is 1580 g/mol. The highest BCUT2D eigenvalue weighted by Crippen LogP contribution is 2.37. The highest BCUT2D eigenvalue weighted by Gasteiger charge is 2.14. The van der Waals surface area contributed by atoms with Gasteiger partial charge in [-0.15, -0.1) is 11.3 Å². The zero-order valence-corrected chi connectivity index (χ0v) is 60.9. The standard InChI is InChI=1S/C18H12BrN.C17H11BrN2.C15H10BrN.C12H7BrS.C11H8BrN.C9H6BrN/c19-13-9-11-14(12-10-13)20-17-7-3-1-5-15(17)16-6-2-4-8-18(16)20;18-12-4-3-5-13(10-12)20-16-7-2-1-6-14(16)15-8-9-19-11-17(15)20;16-15-10-4-9-14(17-15)13-8-3-6-11-5-1-2-7-12(11)13;13-8-5-6-12-10(7-8)9-3-1-2-4-11(9)14-12;12-11-6-10(7-13-8-11)9-4-2-1-3-5-9;10-8-3-4-9-7(6-8)2-1-5-11-9/h1-12H;1-11H;1-10H;1-7H;1-8H;1-6H. The van der Waals surface area contributed by atoms with Crippen molar-refractivity contribution in [3.8, 4) is 33.8 Å². The molecule has 0 atom stereocenters. The largest absolute Gasteiger partial charge is 0.309 e. The number of rotatable bonds is 4. The molecule has 6 nitrogen and oxygen atoms in total. The predicted octanol–water partition coefficient (Wildman–Crippen LogP) is 26.5. The normalized spacial score (nSPS) is 10.8. The van der Waals surface area contributed by atoms with Crippen molar-refractivity contribution >= 4 is 192 Å². The Kier molecular flexibility index (Phi) is 21.0. The average molecular weight is 1630 g/mol. The first-order chi connectivity index (χ1) is 46.6. The van der Waals surface area contributed by atoms with E-state index in [1.807, 2.05) is 96.7 Å². The van der Waals surface area contributed by atoms with Crippen LogP contribution in [0.4, 0.5) is 0 Å². The SMILES string of the molecule is Brc1ccc(-n2c3ccccc3c3ccccc32)cc1.Brc1ccc2ncccc2c1.Brc1ccc2sc3ccccc3c2c1.Brc1cccc(-c2cccc3ccccc23)n1.Brc1cccc(-n2c3ccccc3c3ccncc32)c1.Brc1cncc(-c2ccccc2)c1. The van der Waals surface area contributed by atoms with Gasteiger partial charge in [0.05, 0.1) is 39.5 Å². The number of fused-ring (bicyclic) bond motifs is 11. The molecule has 460 valence electrons. The lowest BCUT2D eigenvalue weighted by Gasteiger charge is -2.07. The van der Waals surface area contributed by atoms with Crippen LogP contribution in [0.1, 0.15) is 0 Å². The maximum absolute atomic E-state index is 4.51. The Morgan fingerprint density at radius 3 is 1.58 bits per heavy atom. The van der Waals surface area contributed by atoms with Gasteiger partial charge in [-0.2, -0.15) is 0 Å². The molecule has 0 unspecified atom stereocenters. The monoisotopic (exact) mass is 1630 g/mol. The van der Waals surface area contributed by atoms with E-state index < -0.39 is 0 Å². The molecule has 0 aliphatic carbocycles. The van der Waals surface area contributed by atoms with Crippen LogP contribution in [0.5, 0.6) is 0 Å². The molecule has 18 rings (SSSR count). The first-order valence-corrected chi connectivity index (χ1v) is 35.8. The van der Waals surface area contributed by atoms with Crippen molar-refractivity contribution in [2.24, 2.45) is 0 Å². The smallest absolute Gasteiger partial charge is 0.106 e. The van der Waals surface area contributed by atoms with Crippen LogP contribution in [-0.4, -0.2) is 29.1 Å². The fourth-order valence-electron chi connectivity index (χ4n) is 11.5. The number of para-hydroxylation sites is 3. The molecule has 0 saturated heterocycles. The third-order valence-corrected chi connectivity index (χ3v) is 19.7. The molecule has 95 heavy (non-hydrogen) atoms. The van der Waals surface area contributed by atoms with E-state index in [-0.39, 0.29) is 0 Å². The number of aromatic nitrogens is 6. The summed E-state index contributed by atoms with van der Waals surface area (Å²) in [6.07, 6.45) is 9.22. The molecule has 7 heterocycles. The first-order valence-electron chi connectivity index (χ1n) is 30.3. The summed E-state index contributed by atoms with van der Waals surface area (Å²) in [6, 6.07) is 102. The third kappa shape index (κ3) is 15.3. The van der Waals surface area contributed by atoms with Crippen LogP contribution >= 0.6 is 107 Å². The van der Waals surface area contributed by atoms with E-state index in [1.165, 1.54) is 91.2 Å². The van der Waals surface area contributed by atoms with Crippen LogP contribution in [0.25, 0.3) is 119 Å². The summed E-state index contributed by atoms with van der Waals surface area (Å²) in [4.78, 5) is 17.1. The minimum atomic E-state index is 0.864. The maximum atomic E-state index is 4.51. The number of benzene rings is 11. The summed E-state index contributed by atoms with van der Waals surface area (Å²) < 4.78 is 13.6. The second-order valence-electron chi connectivity index (χ2n) is 21.8. The van der Waals surface area contributed by atoms with Gasteiger partial charge in [-0.25, -0.2) is 4.98 Å². The first kappa shape index (κ1) is 64.9. The molecule has 0 fully saturated rings. The predicted molar refractivity (Wildman–Crippen MR) is 423 cm³/mol. The van der Waals surface area contributed by atoms with Gasteiger partial charge in [-0.3, -0.25) is 15.0 Å². The fourth-order valence-corrected chi connectivity index (χ4v) is 14.6. The molecule has 0 spiro atoms. The van der Waals surface area contributed by atoms with E-state index >= 15 is 0 Å². The highest BCUT2D eigenvalue weighted by molar-refractivity contribution is 9.11. The number of halogens is 6. The van der Waals surface area contributed by atoms with Crippen LogP contribution < -0.4 is 0 Å². The molecule has 0 N–H and O–H groups in total. The van der Waals surface area contributed by atoms with Gasteiger partial charge in [0.25, 0.3) is 0 Å². The van der Waals surface area contributed by atoms with Gasteiger partial charge in [0.2, 0.25) is 0 Å². The van der Waals surface area contributed by atoms with Crippen molar-refractivity contribution in [2.75, 3.05) is 0 Å². The van der Waals surface area contributed by atoms with Gasteiger partial charge >= 0.3 is 0 Å². The molecule has 0 radical (unpaired) electrons. The summed E-state index contributed by atoms with van der Waals surface area (Å²) in [5.74, 6) is 0. The minimum Gasteiger partial charge on any atom is -0.309 e. The Hall–Kier alpha value is -8.76. The fraction of sp³-hybridized carbons (Fsp3) is 0. The Morgan fingerprint density at radius 1 is 0.295 bits per heavy atom. The zero-order valence-electron chi connectivity index (χ0n) is 50.5. The van der Waals surface area contributed by atoms with Crippen LogP contribution in [0, 0.1) is 0 Å². The van der Waals surface area contributed by atoms with Gasteiger partial charge < -0.3 is 9.13 Å². The van der Waals surface area contributed by atoms with Gasteiger partial charge in [-0.1, -0.05) is 228 Å². The van der Waals surface area contributed by atoms with E-state index in [2.05, 4.69) is 355 Å². The number of thiophene rings is 1. The third-order valence-electron chi connectivity index (χ3n) is 15.7. The molecule has 0 saturated carbocycles. The summed E-state index contributed by atoms with van der Waals surface area (Å²) >= 11 is 22.6. The molecule has 7 aromatic heterocycles. The van der Waals surface area contributed by atoms with Crippen LogP contribution in [0.3, 0.4) is 0 Å². The maximum Gasteiger partial charge on any atom is 0.106 e. The van der Waals surface area contributed by atoms with Crippen molar-refractivity contribution < 1.29 is 0 Å². The van der Waals surface area contributed by atoms with Gasteiger partial charge in [0, 0.05) is 117 Å². The molecule has 11 aromatic carbocycles. The number of nitrogens with zero attached hydrogens (tertiary/aromatic N) is 6. The Morgan fingerprint density at radius 2 is 0.863 bits per heavy atom. The molecule has 0 bridgehead atoms. The lowest BCUT2D eigenvalue weighted by atomic mass is 10.0. The lowest BCUT2D eigenvalue weighted by Crippen LogP contribution is -1.93. The Balaban J connectivity index is 0.000000105. The summed E-state index contributed by atoms with van der Waals surface area (Å²) in [6.45, 7) is 0. The van der Waals surface area contributed by atoms with Crippen LogP contribution in [-0.2, 0) is 0 Å². The van der Waals surface area contributed by atoms with Crippen molar-refractivity contribution in [3.05, 3.63) is 355 Å². The van der Waals surface area contributed by atoms with Crippen molar-refractivity contribution in [1.82, 2.24) is 29.1 Å². The highest BCUT2D eigenvalue weighted by atomic mass is 79.9. The van der Waals surface area contributed by atoms with E-state index in [0.29, 0.717) is 0 Å². The molecule has 0 aliphatic rings. The Bertz CT molecular complexity index is 5570. The quantitative estimate of drug-likeness (QED) is 0.165. The van der Waals surface area contributed by atoms with Gasteiger partial charge in [0.1, 0.15) is 4.60 Å². The molecule has 18 aromatic rings. The number of pyridine rings is 4. The topological polar surface area (TPSA) is 61.4 Å². The summed E-state index contributed by atoms with van der Waals surface area (Å²) in [5, 5.41) is 11.4. The molecule has 0 amide bonds. The average Bonchev–Trinajstić information content (AvgIpc) is 1.66. The van der Waals surface area contributed by atoms with E-state index in [1.54, 1.807) is 12.4 Å². The Labute approximate surface area is 604 Å².